The molecule has 0 fully saturated rings. The van der Waals surface area contributed by atoms with E-state index in [0.29, 0.717) is 0 Å². The molecule has 0 N–H and O–H groups in total. The van der Waals surface area contributed by atoms with Gasteiger partial charge in [-0.2, -0.15) is 0 Å². The van der Waals surface area contributed by atoms with Gasteiger partial charge in [-0.05, 0) is 0 Å². The normalized spacial score (nSPS) is 10.7. The summed E-state index contributed by atoms with van der Waals surface area (Å²) in [7, 11) is 0. The SMILES string of the molecule is CCO[P+]([Se-])([Se-])c1ccccc1.[Na+]. The number of hydrogen-bond acceptors (Lipinski definition) is 1. The first-order valence-electron chi connectivity index (χ1n) is 3.68. The third kappa shape index (κ3) is 4.80. The minimum Gasteiger partial charge on any atom is 1.00 e. The molecule has 0 saturated heterocycles. The van der Waals surface area contributed by atoms with Gasteiger partial charge in [-0.1, -0.05) is 0 Å². The Labute approximate surface area is 118 Å². The molecule has 0 aliphatic carbocycles. The van der Waals surface area contributed by atoms with E-state index in [1.807, 2.05) is 25.1 Å². The molecule has 1 aromatic carbocycles. The first-order valence-corrected chi connectivity index (χ1v) is 9.82. The van der Waals surface area contributed by atoms with Crippen molar-refractivity contribution in [1.82, 2.24) is 0 Å². The zero-order chi connectivity index (χ0) is 9.03. The molecule has 0 amide bonds. The van der Waals surface area contributed by atoms with Gasteiger partial charge in [-0.15, -0.1) is 0 Å². The molecule has 0 atom stereocenters. The minimum atomic E-state index is -1.54. The van der Waals surface area contributed by atoms with Crippen LogP contribution in [0, 0.1) is 0 Å². The average Bonchev–Trinajstić information content (AvgIpc) is 2.06. The fourth-order valence-electron chi connectivity index (χ4n) is 0.855. The molecule has 0 bridgehead atoms. The van der Waals surface area contributed by atoms with Gasteiger partial charge in [0.15, 0.2) is 0 Å². The number of hydrogen-bond donors (Lipinski definition) is 0. The monoisotopic (exact) mass is 336 g/mol. The Hall–Kier alpha value is 1.65. The molecule has 0 aliphatic rings. The van der Waals surface area contributed by atoms with Crippen LogP contribution in [0.1, 0.15) is 6.92 Å². The van der Waals surface area contributed by atoms with Crippen LogP contribution in [0.15, 0.2) is 30.3 Å². The van der Waals surface area contributed by atoms with E-state index in [0.717, 1.165) is 6.61 Å². The van der Waals surface area contributed by atoms with Crippen molar-refractivity contribution in [1.29, 1.82) is 0 Å². The first kappa shape index (κ1) is 14.6. The maximum absolute atomic E-state index is 5.62. The van der Waals surface area contributed by atoms with E-state index in [2.05, 4.69) is 43.3 Å². The largest absolute Gasteiger partial charge is 1.00 e. The summed E-state index contributed by atoms with van der Waals surface area (Å²) in [4.78, 5) is -1.54. The van der Waals surface area contributed by atoms with Gasteiger partial charge in [-0.25, -0.2) is 0 Å². The van der Waals surface area contributed by atoms with Gasteiger partial charge in [0.05, 0.1) is 0 Å². The molecule has 1 nitrogen and oxygen atoms in total. The van der Waals surface area contributed by atoms with E-state index in [-0.39, 0.29) is 29.6 Å². The molecule has 13 heavy (non-hydrogen) atoms. The van der Waals surface area contributed by atoms with Gasteiger partial charge in [0, 0.05) is 0 Å². The summed E-state index contributed by atoms with van der Waals surface area (Å²) in [6.45, 7) is 2.75. The van der Waals surface area contributed by atoms with Crippen LogP contribution in [0.25, 0.3) is 0 Å². The van der Waals surface area contributed by atoms with Gasteiger partial charge in [0.2, 0.25) is 0 Å². The molecule has 0 unspecified atom stereocenters. The fraction of sp³-hybridized carbons (Fsp3) is 0.250. The Morgan fingerprint density at radius 1 is 1.23 bits per heavy atom. The van der Waals surface area contributed by atoms with Crippen molar-refractivity contribution in [2.24, 2.45) is 0 Å². The van der Waals surface area contributed by atoms with Crippen LogP contribution in [-0.2, 0) is 4.52 Å². The van der Waals surface area contributed by atoms with Gasteiger partial charge < -0.3 is 0 Å². The summed E-state index contributed by atoms with van der Waals surface area (Å²) in [6.07, 6.45) is 0. The summed E-state index contributed by atoms with van der Waals surface area (Å²) in [5.74, 6) is 0. The van der Waals surface area contributed by atoms with Crippen LogP contribution in [0.3, 0.4) is 0 Å². The third-order valence-corrected chi connectivity index (χ3v) is 6.88. The van der Waals surface area contributed by atoms with E-state index in [1.165, 1.54) is 5.30 Å². The Balaban J connectivity index is 0.00000144. The summed E-state index contributed by atoms with van der Waals surface area (Å²) < 4.78 is 5.62. The van der Waals surface area contributed by atoms with Crippen LogP contribution in [0.2, 0.25) is 0 Å². The fourth-order valence-corrected chi connectivity index (χ4v) is 4.74. The zero-order valence-electron chi connectivity index (χ0n) is 7.77. The summed E-state index contributed by atoms with van der Waals surface area (Å²) in [5.41, 5.74) is 0. The van der Waals surface area contributed by atoms with Crippen LogP contribution < -0.4 is 34.9 Å². The summed E-state index contributed by atoms with van der Waals surface area (Å²) >= 11 is 6.21. The second kappa shape index (κ2) is 7.01. The van der Waals surface area contributed by atoms with E-state index in [1.54, 1.807) is 0 Å². The van der Waals surface area contributed by atoms with Crippen molar-refractivity contribution < 1.29 is 34.1 Å². The molecule has 0 spiro atoms. The predicted octanol–water partition coefficient (Wildman–Crippen LogP) is -1.55. The molecule has 0 aromatic heterocycles. The Morgan fingerprint density at radius 2 is 1.77 bits per heavy atom. The second-order valence-electron chi connectivity index (χ2n) is 2.25. The Morgan fingerprint density at radius 3 is 2.23 bits per heavy atom. The third-order valence-electron chi connectivity index (χ3n) is 1.37. The van der Waals surface area contributed by atoms with Gasteiger partial charge in [0.1, 0.15) is 0 Å². The standard InChI is InChI=1S/C8H11OPSe2.Na/c1-2-9-10(11,12)8-6-4-3-5-7-8;/h3-7H,2H2,1H3,(H,11,12);/q;+1/p-1. The van der Waals surface area contributed by atoms with Gasteiger partial charge in [0.25, 0.3) is 0 Å². The number of benzene rings is 1. The molecule has 1 rings (SSSR count). The maximum atomic E-state index is 5.62. The van der Waals surface area contributed by atoms with E-state index in [4.69, 9.17) is 4.52 Å². The average molecular weight is 334 g/mol. The molecule has 1 aromatic rings. The van der Waals surface area contributed by atoms with Crippen LogP contribution >= 0.6 is 4.87 Å². The zero-order valence-corrected chi connectivity index (χ0v) is 14.1. The minimum absolute atomic E-state index is 0. The van der Waals surface area contributed by atoms with Crippen molar-refractivity contribution in [3.63, 3.8) is 0 Å². The molecular weight excluding hydrogens is 324 g/mol. The topological polar surface area (TPSA) is 9.23 Å². The maximum Gasteiger partial charge on any atom is 1.00 e. The molecule has 0 heterocycles. The predicted molar refractivity (Wildman–Crippen MR) is 56.1 cm³/mol. The summed E-state index contributed by atoms with van der Waals surface area (Å²) in [6, 6.07) is 10.2. The van der Waals surface area contributed by atoms with E-state index < -0.39 is 4.87 Å². The number of rotatable bonds is 3. The van der Waals surface area contributed by atoms with E-state index in [9.17, 15) is 0 Å². The molecule has 0 radical (unpaired) electrons. The molecule has 66 valence electrons. The van der Waals surface area contributed by atoms with Crippen LogP contribution in [0.5, 0.6) is 0 Å². The molecular formula is C8H10NaOPSe2. The van der Waals surface area contributed by atoms with Crippen molar-refractivity contribution in [2.75, 3.05) is 6.61 Å². The van der Waals surface area contributed by atoms with Crippen LogP contribution in [-0.4, -0.2) is 37.7 Å². The summed E-state index contributed by atoms with van der Waals surface area (Å²) in [5, 5.41) is 1.23. The van der Waals surface area contributed by atoms with Crippen molar-refractivity contribution >= 4 is 41.3 Å². The molecule has 0 aliphatic heterocycles. The molecule has 5 heteroatoms. The second-order valence-corrected chi connectivity index (χ2v) is 14.0. The van der Waals surface area contributed by atoms with Crippen molar-refractivity contribution in [3.05, 3.63) is 30.3 Å². The first-order chi connectivity index (χ1) is 5.67. The van der Waals surface area contributed by atoms with E-state index >= 15 is 0 Å². The Bertz CT molecular complexity index is 243. The Kier molecular flexibility index (Phi) is 7.90. The van der Waals surface area contributed by atoms with Gasteiger partial charge in [-0.3, -0.25) is 0 Å². The van der Waals surface area contributed by atoms with Crippen molar-refractivity contribution in [2.45, 2.75) is 6.92 Å². The van der Waals surface area contributed by atoms with Crippen LogP contribution in [0.4, 0.5) is 0 Å². The van der Waals surface area contributed by atoms with Crippen molar-refractivity contribution in [3.8, 4) is 0 Å². The molecule has 0 saturated carbocycles. The smallest absolute Gasteiger partial charge is 1.00 e. The van der Waals surface area contributed by atoms with Gasteiger partial charge >= 0.3 is 119 Å². The quantitative estimate of drug-likeness (QED) is 0.481.